The van der Waals surface area contributed by atoms with E-state index in [9.17, 15) is 0 Å². The van der Waals surface area contributed by atoms with Gasteiger partial charge in [-0.2, -0.15) is 0 Å². The molecule has 1 aliphatic heterocycles. The minimum Gasteiger partial charge on any atom is -0.329 e. The fourth-order valence-corrected chi connectivity index (χ4v) is 3.51. The zero-order valence-corrected chi connectivity index (χ0v) is 10.3. The molecule has 88 valence electrons. The fraction of sp³-hybridized carbons (Fsp3) is 1.00. The van der Waals surface area contributed by atoms with Crippen LogP contribution in [0.5, 0.6) is 0 Å². The molecular formula is C13H26N2. The zero-order valence-electron chi connectivity index (χ0n) is 10.3. The van der Waals surface area contributed by atoms with E-state index in [0.29, 0.717) is 6.04 Å². The summed E-state index contributed by atoms with van der Waals surface area (Å²) in [7, 11) is 0. The molecule has 0 spiro atoms. The summed E-state index contributed by atoms with van der Waals surface area (Å²) in [6.07, 6.45) is 5.69. The van der Waals surface area contributed by atoms with Crippen LogP contribution in [0.25, 0.3) is 0 Å². The first-order chi connectivity index (χ1) is 7.20. The minimum atomic E-state index is 0.649. The zero-order chi connectivity index (χ0) is 10.8. The number of hydrogen-bond donors (Lipinski definition) is 1. The summed E-state index contributed by atoms with van der Waals surface area (Å²) < 4.78 is 0. The first-order valence-corrected chi connectivity index (χ1v) is 6.64. The van der Waals surface area contributed by atoms with Crippen LogP contribution in [0.15, 0.2) is 0 Å². The lowest BCUT2D eigenvalue weighted by atomic mass is 10.0. The summed E-state index contributed by atoms with van der Waals surface area (Å²) in [5.41, 5.74) is 5.91. The molecule has 2 aliphatic rings. The Hall–Kier alpha value is -0.0800. The molecule has 1 saturated carbocycles. The number of hydrogen-bond acceptors (Lipinski definition) is 2. The topological polar surface area (TPSA) is 29.3 Å². The van der Waals surface area contributed by atoms with Crippen molar-refractivity contribution in [1.82, 2.24) is 4.90 Å². The molecule has 15 heavy (non-hydrogen) atoms. The van der Waals surface area contributed by atoms with Crippen molar-refractivity contribution in [2.45, 2.75) is 45.6 Å². The Balaban J connectivity index is 1.87. The maximum absolute atomic E-state index is 5.91. The van der Waals surface area contributed by atoms with E-state index in [0.717, 1.165) is 24.3 Å². The van der Waals surface area contributed by atoms with Crippen molar-refractivity contribution < 1.29 is 0 Å². The van der Waals surface area contributed by atoms with Crippen LogP contribution < -0.4 is 5.73 Å². The van der Waals surface area contributed by atoms with Gasteiger partial charge in [-0.15, -0.1) is 0 Å². The number of fused-ring (bicyclic) bond motifs is 1. The van der Waals surface area contributed by atoms with Gasteiger partial charge in [-0.1, -0.05) is 20.3 Å². The van der Waals surface area contributed by atoms with Crippen molar-refractivity contribution >= 4 is 0 Å². The molecule has 3 atom stereocenters. The normalized spacial score (nSPS) is 33.6. The van der Waals surface area contributed by atoms with Gasteiger partial charge in [0.1, 0.15) is 0 Å². The van der Waals surface area contributed by atoms with Crippen LogP contribution >= 0.6 is 0 Å². The van der Waals surface area contributed by atoms with Crippen LogP contribution in [0.3, 0.4) is 0 Å². The van der Waals surface area contributed by atoms with E-state index in [2.05, 4.69) is 18.7 Å². The van der Waals surface area contributed by atoms with Crippen LogP contribution in [0, 0.1) is 17.8 Å². The average Bonchev–Trinajstić information content (AvgIpc) is 2.72. The molecule has 0 amide bonds. The Kier molecular flexibility index (Phi) is 3.68. The third-order valence-electron chi connectivity index (χ3n) is 4.29. The van der Waals surface area contributed by atoms with E-state index >= 15 is 0 Å². The Morgan fingerprint density at radius 3 is 2.27 bits per heavy atom. The molecule has 0 aromatic carbocycles. The molecule has 1 saturated heterocycles. The van der Waals surface area contributed by atoms with Gasteiger partial charge >= 0.3 is 0 Å². The van der Waals surface area contributed by atoms with Gasteiger partial charge in [0.25, 0.3) is 0 Å². The molecule has 1 aliphatic carbocycles. The molecule has 0 radical (unpaired) electrons. The minimum absolute atomic E-state index is 0.649. The molecule has 0 aromatic rings. The largest absolute Gasteiger partial charge is 0.329 e. The van der Waals surface area contributed by atoms with E-state index in [-0.39, 0.29) is 0 Å². The molecule has 3 unspecified atom stereocenters. The highest BCUT2D eigenvalue weighted by Crippen LogP contribution is 2.38. The lowest BCUT2D eigenvalue weighted by Crippen LogP contribution is -2.40. The van der Waals surface area contributed by atoms with Gasteiger partial charge < -0.3 is 5.73 Å². The SMILES string of the molecule is CC(C)CC(CN)N1CC2CCCC2C1. The van der Waals surface area contributed by atoms with E-state index < -0.39 is 0 Å². The third kappa shape index (κ3) is 2.54. The molecule has 0 bridgehead atoms. The van der Waals surface area contributed by atoms with Crippen molar-refractivity contribution in [2.75, 3.05) is 19.6 Å². The average molecular weight is 210 g/mol. The van der Waals surface area contributed by atoms with Crippen molar-refractivity contribution in [1.29, 1.82) is 0 Å². The Morgan fingerprint density at radius 1 is 1.20 bits per heavy atom. The van der Waals surface area contributed by atoms with Crippen LogP contribution in [0.2, 0.25) is 0 Å². The van der Waals surface area contributed by atoms with Crippen molar-refractivity contribution in [3.63, 3.8) is 0 Å². The Labute approximate surface area is 94.2 Å². The van der Waals surface area contributed by atoms with E-state index in [4.69, 9.17) is 5.73 Å². The third-order valence-corrected chi connectivity index (χ3v) is 4.29. The van der Waals surface area contributed by atoms with Gasteiger partial charge in [-0.25, -0.2) is 0 Å². The second kappa shape index (κ2) is 4.84. The van der Waals surface area contributed by atoms with Gasteiger partial charge in [-0.3, -0.25) is 4.90 Å². The summed E-state index contributed by atoms with van der Waals surface area (Å²) in [4.78, 5) is 2.68. The van der Waals surface area contributed by atoms with Crippen molar-refractivity contribution in [2.24, 2.45) is 23.5 Å². The van der Waals surface area contributed by atoms with Crippen molar-refractivity contribution in [3.05, 3.63) is 0 Å². The number of likely N-dealkylation sites (tertiary alicyclic amines) is 1. The van der Waals surface area contributed by atoms with E-state index in [1.165, 1.54) is 38.8 Å². The highest BCUT2D eigenvalue weighted by Gasteiger charge is 2.38. The van der Waals surface area contributed by atoms with Crippen LogP contribution in [-0.2, 0) is 0 Å². The fourth-order valence-electron chi connectivity index (χ4n) is 3.51. The number of nitrogens with two attached hydrogens (primary N) is 1. The summed E-state index contributed by atoms with van der Waals surface area (Å²) >= 11 is 0. The molecule has 0 aromatic heterocycles. The Bertz CT molecular complexity index is 191. The molecule has 2 nitrogen and oxygen atoms in total. The maximum Gasteiger partial charge on any atom is 0.0221 e. The lowest BCUT2D eigenvalue weighted by molar-refractivity contribution is 0.203. The monoisotopic (exact) mass is 210 g/mol. The molecular weight excluding hydrogens is 184 g/mol. The molecule has 1 heterocycles. The number of rotatable bonds is 4. The standard InChI is InChI=1S/C13H26N2/c1-10(2)6-13(7-14)15-8-11-4-3-5-12(11)9-15/h10-13H,3-9,14H2,1-2H3. The first kappa shape index (κ1) is 11.4. The summed E-state index contributed by atoms with van der Waals surface area (Å²) in [5.74, 6) is 2.79. The van der Waals surface area contributed by atoms with Crippen LogP contribution in [-0.4, -0.2) is 30.6 Å². The van der Waals surface area contributed by atoms with E-state index in [1.54, 1.807) is 0 Å². The maximum atomic E-state index is 5.91. The van der Waals surface area contributed by atoms with Crippen molar-refractivity contribution in [3.8, 4) is 0 Å². The molecule has 2 N–H and O–H groups in total. The smallest absolute Gasteiger partial charge is 0.0221 e. The van der Waals surface area contributed by atoms with Crippen LogP contribution in [0.1, 0.15) is 39.5 Å². The van der Waals surface area contributed by atoms with Gasteiger partial charge in [0.2, 0.25) is 0 Å². The van der Waals surface area contributed by atoms with Gasteiger partial charge in [0, 0.05) is 25.7 Å². The molecule has 2 rings (SSSR count). The predicted molar refractivity (Wildman–Crippen MR) is 64.7 cm³/mol. The van der Waals surface area contributed by atoms with Gasteiger partial charge in [-0.05, 0) is 37.0 Å². The highest BCUT2D eigenvalue weighted by molar-refractivity contribution is 4.91. The molecule has 2 heteroatoms. The van der Waals surface area contributed by atoms with Gasteiger partial charge in [0.05, 0.1) is 0 Å². The summed E-state index contributed by atoms with van der Waals surface area (Å²) in [5, 5.41) is 0. The first-order valence-electron chi connectivity index (χ1n) is 6.64. The summed E-state index contributed by atoms with van der Waals surface area (Å²) in [6, 6.07) is 0.649. The summed E-state index contributed by atoms with van der Waals surface area (Å²) in [6.45, 7) is 8.12. The lowest BCUT2D eigenvalue weighted by Gasteiger charge is -2.28. The highest BCUT2D eigenvalue weighted by atomic mass is 15.2. The quantitative estimate of drug-likeness (QED) is 0.770. The Morgan fingerprint density at radius 2 is 1.80 bits per heavy atom. The van der Waals surface area contributed by atoms with Crippen LogP contribution in [0.4, 0.5) is 0 Å². The second-order valence-corrected chi connectivity index (χ2v) is 5.92. The van der Waals surface area contributed by atoms with Gasteiger partial charge in [0.15, 0.2) is 0 Å². The second-order valence-electron chi connectivity index (χ2n) is 5.92. The molecule has 2 fully saturated rings. The predicted octanol–water partition coefficient (Wildman–Crippen LogP) is 2.09. The number of nitrogens with zero attached hydrogens (tertiary/aromatic N) is 1. The van der Waals surface area contributed by atoms with E-state index in [1.807, 2.05) is 0 Å².